The minimum absolute atomic E-state index is 0.0473. The van der Waals surface area contributed by atoms with Crippen LogP contribution in [0.4, 0.5) is 0 Å². The molecule has 0 spiro atoms. The summed E-state index contributed by atoms with van der Waals surface area (Å²) in [6, 6.07) is 0. The molecular formula is C25H36O7. The molecule has 0 aromatic rings. The summed E-state index contributed by atoms with van der Waals surface area (Å²) in [5.74, 6) is 1.65. The number of allylic oxidation sites excluding steroid dienone is 4. The van der Waals surface area contributed by atoms with Crippen molar-refractivity contribution in [2.75, 3.05) is 6.61 Å². The second-order valence-corrected chi connectivity index (χ2v) is 11.0. The molecule has 1 heterocycles. The SMILES string of the molecule is C[C@]12CC[C@H]3[C@@H](CCC4=CC(=O)C=C[C@@]43C)[C@@H]1CC[C@@H]2O[C@H]1O[C@@H](CO)[C@H](O)[C@@H](O)[C@@H]1O. The van der Waals surface area contributed by atoms with Crippen LogP contribution in [0.5, 0.6) is 0 Å². The molecule has 7 nitrogen and oxygen atoms in total. The third-order valence-corrected chi connectivity index (χ3v) is 9.62. The Morgan fingerprint density at radius 3 is 2.59 bits per heavy atom. The van der Waals surface area contributed by atoms with Gasteiger partial charge in [-0.2, -0.15) is 0 Å². The van der Waals surface area contributed by atoms with Crippen molar-refractivity contribution in [2.24, 2.45) is 28.6 Å². The molecule has 0 aromatic carbocycles. The van der Waals surface area contributed by atoms with Gasteiger partial charge in [0.05, 0.1) is 12.7 Å². The predicted molar refractivity (Wildman–Crippen MR) is 115 cm³/mol. The number of ether oxygens (including phenoxy) is 2. The van der Waals surface area contributed by atoms with Crippen LogP contribution < -0.4 is 0 Å². The van der Waals surface area contributed by atoms with Crippen LogP contribution in [-0.2, 0) is 14.3 Å². The van der Waals surface area contributed by atoms with E-state index in [-0.39, 0.29) is 22.7 Å². The quantitative estimate of drug-likeness (QED) is 0.517. The van der Waals surface area contributed by atoms with Crippen LogP contribution in [-0.4, -0.2) is 69.6 Å². The number of ketones is 1. The Kier molecular flexibility index (Phi) is 5.67. The first-order valence-electron chi connectivity index (χ1n) is 12.1. The fourth-order valence-electron chi connectivity index (χ4n) is 7.71. The van der Waals surface area contributed by atoms with Crippen LogP contribution in [0, 0.1) is 28.6 Å². The van der Waals surface area contributed by atoms with Crippen molar-refractivity contribution in [2.45, 2.75) is 89.2 Å². The lowest BCUT2D eigenvalue weighted by atomic mass is 9.48. The van der Waals surface area contributed by atoms with E-state index in [1.54, 1.807) is 6.08 Å². The second kappa shape index (κ2) is 8.00. The van der Waals surface area contributed by atoms with Gasteiger partial charge in [-0.05, 0) is 73.8 Å². The van der Waals surface area contributed by atoms with Gasteiger partial charge in [-0.3, -0.25) is 4.79 Å². The molecular weight excluding hydrogens is 412 g/mol. The summed E-state index contributed by atoms with van der Waals surface area (Å²) in [4.78, 5) is 11.9. The third kappa shape index (κ3) is 3.28. The first kappa shape index (κ1) is 22.7. The van der Waals surface area contributed by atoms with E-state index in [1.807, 2.05) is 6.08 Å². The van der Waals surface area contributed by atoms with Crippen molar-refractivity contribution >= 4 is 5.78 Å². The summed E-state index contributed by atoms with van der Waals surface area (Å²) >= 11 is 0. The number of hydrogen-bond acceptors (Lipinski definition) is 7. The summed E-state index contributed by atoms with van der Waals surface area (Å²) in [5, 5.41) is 40.1. The van der Waals surface area contributed by atoms with E-state index in [4.69, 9.17) is 9.47 Å². The zero-order chi connectivity index (χ0) is 22.8. The summed E-state index contributed by atoms with van der Waals surface area (Å²) in [6.07, 6.45) is 5.39. The van der Waals surface area contributed by atoms with Crippen molar-refractivity contribution in [1.29, 1.82) is 0 Å². The molecule has 4 N–H and O–H groups in total. The average Bonchev–Trinajstić information content (AvgIpc) is 3.10. The Hall–Kier alpha value is -1.09. The minimum Gasteiger partial charge on any atom is -0.394 e. The molecule has 0 aromatic heterocycles. The van der Waals surface area contributed by atoms with Gasteiger partial charge in [0.1, 0.15) is 24.4 Å². The van der Waals surface area contributed by atoms with Crippen LogP contribution in [0.3, 0.4) is 0 Å². The smallest absolute Gasteiger partial charge is 0.186 e. The van der Waals surface area contributed by atoms with Gasteiger partial charge >= 0.3 is 0 Å². The van der Waals surface area contributed by atoms with E-state index in [0.717, 1.165) is 38.5 Å². The van der Waals surface area contributed by atoms with Gasteiger partial charge in [-0.15, -0.1) is 0 Å². The lowest BCUT2D eigenvalue weighted by Gasteiger charge is -2.57. The standard InChI is InChI=1S/C25H36O7/c1-24-9-7-14(27)11-13(24)3-4-15-16-5-6-19(25(16,2)10-8-17(15)24)32-23-22(30)21(29)20(28)18(12-26)31-23/h7,9,11,15-23,26,28-30H,3-6,8,10,12H2,1-2H3/t15-,16-,17-,18-,19-,20-,21+,22-,23+,24-,25-/m0/s1. The Morgan fingerprint density at radius 1 is 1.06 bits per heavy atom. The number of fused-ring (bicyclic) bond motifs is 5. The molecule has 7 heteroatoms. The molecule has 5 aliphatic rings. The molecule has 0 amide bonds. The molecule has 4 fully saturated rings. The molecule has 32 heavy (non-hydrogen) atoms. The maximum absolute atomic E-state index is 11.9. The highest BCUT2D eigenvalue weighted by atomic mass is 16.7. The van der Waals surface area contributed by atoms with Gasteiger partial charge in [0.15, 0.2) is 12.1 Å². The Morgan fingerprint density at radius 2 is 1.84 bits per heavy atom. The Labute approximate surface area is 189 Å². The van der Waals surface area contributed by atoms with Crippen LogP contribution in [0.25, 0.3) is 0 Å². The predicted octanol–water partition coefficient (Wildman–Crippen LogP) is 1.48. The molecule has 4 aliphatic carbocycles. The van der Waals surface area contributed by atoms with Crippen LogP contribution in [0.1, 0.15) is 52.4 Å². The number of aliphatic hydroxyl groups is 4. The van der Waals surface area contributed by atoms with Crippen LogP contribution in [0.15, 0.2) is 23.8 Å². The van der Waals surface area contributed by atoms with Crippen molar-refractivity contribution in [3.8, 4) is 0 Å². The Bertz CT molecular complexity index is 821. The molecule has 0 bridgehead atoms. The van der Waals surface area contributed by atoms with Crippen LogP contribution in [0.2, 0.25) is 0 Å². The largest absolute Gasteiger partial charge is 0.394 e. The summed E-state index contributed by atoms with van der Waals surface area (Å²) < 4.78 is 11.9. The molecule has 5 rings (SSSR count). The highest BCUT2D eigenvalue weighted by Gasteiger charge is 2.60. The highest BCUT2D eigenvalue weighted by molar-refractivity contribution is 6.01. The molecule has 1 aliphatic heterocycles. The first-order valence-corrected chi connectivity index (χ1v) is 12.1. The number of carbonyl (C=O) groups is 1. The normalized spacial score (nSPS) is 52.8. The number of rotatable bonds is 3. The van der Waals surface area contributed by atoms with Gasteiger partial charge < -0.3 is 29.9 Å². The maximum atomic E-state index is 11.9. The van der Waals surface area contributed by atoms with E-state index in [2.05, 4.69) is 19.9 Å². The third-order valence-electron chi connectivity index (χ3n) is 9.62. The molecule has 11 atom stereocenters. The van der Waals surface area contributed by atoms with Gasteiger partial charge in [-0.1, -0.05) is 25.5 Å². The Balaban J connectivity index is 1.34. The van der Waals surface area contributed by atoms with Crippen molar-refractivity contribution in [1.82, 2.24) is 0 Å². The van der Waals surface area contributed by atoms with Gasteiger partial charge in [0.2, 0.25) is 0 Å². The van der Waals surface area contributed by atoms with E-state index >= 15 is 0 Å². The van der Waals surface area contributed by atoms with Gasteiger partial charge in [0, 0.05) is 5.41 Å². The van der Waals surface area contributed by atoms with Gasteiger partial charge in [0.25, 0.3) is 0 Å². The van der Waals surface area contributed by atoms with E-state index in [0.29, 0.717) is 17.8 Å². The number of aliphatic hydroxyl groups excluding tert-OH is 4. The summed E-state index contributed by atoms with van der Waals surface area (Å²) in [5.41, 5.74) is 1.17. The van der Waals surface area contributed by atoms with E-state index in [1.165, 1.54) is 5.57 Å². The van der Waals surface area contributed by atoms with E-state index < -0.39 is 37.3 Å². The fraction of sp³-hybridized carbons (Fsp3) is 0.800. The summed E-state index contributed by atoms with van der Waals surface area (Å²) in [6.45, 7) is 4.12. The topological polar surface area (TPSA) is 116 Å². The summed E-state index contributed by atoms with van der Waals surface area (Å²) in [7, 11) is 0. The maximum Gasteiger partial charge on any atom is 0.186 e. The van der Waals surface area contributed by atoms with Crippen LogP contribution >= 0.6 is 0 Å². The minimum atomic E-state index is -1.42. The first-order chi connectivity index (χ1) is 15.2. The average molecular weight is 449 g/mol. The highest BCUT2D eigenvalue weighted by Crippen LogP contribution is 2.65. The lowest BCUT2D eigenvalue weighted by Crippen LogP contribution is -2.60. The molecule has 0 unspecified atom stereocenters. The van der Waals surface area contributed by atoms with Crippen molar-refractivity contribution in [3.63, 3.8) is 0 Å². The lowest BCUT2D eigenvalue weighted by molar-refractivity contribution is -0.319. The zero-order valence-corrected chi connectivity index (χ0v) is 18.9. The van der Waals surface area contributed by atoms with E-state index in [9.17, 15) is 25.2 Å². The molecule has 178 valence electrons. The zero-order valence-electron chi connectivity index (χ0n) is 18.9. The fourth-order valence-corrected chi connectivity index (χ4v) is 7.71. The molecule has 3 saturated carbocycles. The molecule has 0 radical (unpaired) electrons. The van der Waals surface area contributed by atoms with Gasteiger partial charge in [-0.25, -0.2) is 0 Å². The van der Waals surface area contributed by atoms with Crippen molar-refractivity contribution < 1.29 is 34.7 Å². The van der Waals surface area contributed by atoms with Crippen molar-refractivity contribution in [3.05, 3.63) is 23.8 Å². The number of carbonyl (C=O) groups excluding carboxylic acids is 1. The monoisotopic (exact) mass is 448 g/mol. The molecule has 1 saturated heterocycles. The number of hydrogen-bond donors (Lipinski definition) is 4. The second-order valence-electron chi connectivity index (χ2n) is 11.0.